The summed E-state index contributed by atoms with van der Waals surface area (Å²) < 4.78 is 100. The number of ether oxygens (including phenoxy) is 1. The SMILES string of the molecule is CC(C)(C)OC(=O)N1CCC[C@H]1CCNS(=O)(=O)c1cc(S(=O)(=O)c2ccccc2)ccc1C(F)(F)F. The van der Waals surface area contributed by atoms with Gasteiger partial charge in [-0.05, 0) is 70.4 Å². The van der Waals surface area contributed by atoms with Gasteiger partial charge in [-0.2, -0.15) is 13.2 Å². The van der Waals surface area contributed by atoms with Gasteiger partial charge >= 0.3 is 12.3 Å². The van der Waals surface area contributed by atoms with E-state index in [-0.39, 0.29) is 23.9 Å². The highest BCUT2D eigenvalue weighted by Crippen LogP contribution is 2.36. The molecule has 1 heterocycles. The molecule has 8 nitrogen and oxygen atoms in total. The first-order valence-corrected chi connectivity index (χ1v) is 14.5. The van der Waals surface area contributed by atoms with Crippen molar-refractivity contribution < 1.29 is 39.5 Å². The van der Waals surface area contributed by atoms with Crippen LogP contribution in [-0.4, -0.2) is 52.6 Å². The second-order valence-electron chi connectivity index (χ2n) is 9.63. The summed E-state index contributed by atoms with van der Waals surface area (Å²) in [6.45, 7) is 5.31. The highest BCUT2D eigenvalue weighted by molar-refractivity contribution is 7.91. The van der Waals surface area contributed by atoms with E-state index < -0.39 is 53.1 Å². The van der Waals surface area contributed by atoms with Crippen molar-refractivity contribution in [3.8, 4) is 0 Å². The summed E-state index contributed by atoms with van der Waals surface area (Å²) in [5.41, 5.74) is -2.20. The summed E-state index contributed by atoms with van der Waals surface area (Å²) in [7, 11) is -9.03. The molecule has 1 atom stereocenters. The lowest BCUT2D eigenvalue weighted by Crippen LogP contribution is -2.41. The zero-order valence-corrected chi connectivity index (χ0v) is 22.2. The number of rotatable bonds is 7. The van der Waals surface area contributed by atoms with Crippen molar-refractivity contribution in [2.45, 2.75) is 72.5 Å². The van der Waals surface area contributed by atoms with Gasteiger partial charge < -0.3 is 9.64 Å². The molecule has 0 unspecified atom stereocenters. The third-order valence-corrected chi connectivity index (χ3v) is 8.95. The van der Waals surface area contributed by atoms with E-state index in [0.717, 1.165) is 6.07 Å². The van der Waals surface area contributed by atoms with Crippen LogP contribution in [-0.2, 0) is 30.8 Å². The molecule has 13 heteroatoms. The van der Waals surface area contributed by atoms with Gasteiger partial charge in [0.25, 0.3) is 0 Å². The molecule has 3 rings (SSSR count). The Kier molecular flexibility index (Phi) is 8.30. The molecule has 2 aromatic carbocycles. The van der Waals surface area contributed by atoms with Crippen molar-refractivity contribution in [2.75, 3.05) is 13.1 Å². The number of hydrogen-bond acceptors (Lipinski definition) is 6. The van der Waals surface area contributed by atoms with Gasteiger partial charge in [-0.3, -0.25) is 0 Å². The monoisotopic (exact) mass is 562 g/mol. The maximum atomic E-state index is 13.7. The fourth-order valence-electron chi connectivity index (χ4n) is 4.00. The third-order valence-electron chi connectivity index (χ3n) is 5.69. The normalized spacial score (nSPS) is 17.1. The second kappa shape index (κ2) is 10.6. The van der Waals surface area contributed by atoms with Crippen LogP contribution < -0.4 is 4.72 Å². The summed E-state index contributed by atoms with van der Waals surface area (Å²) in [4.78, 5) is 12.0. The molecule has 0 spiro atoms. The van der Waals surface area contributed by atoms with Gasteiger partial charge in [0.1, 0.15) is 5.60 Å². The highest BCUT2D eigenvalue weighted by Gasteiger charge is 2.39. The maximum absolute atomic E-state index is 13.7. The van der Waals surface area contributed by atoms with Gasteiger partial charge in [0, 0.05) is 19.1 Å². The third kappa shape index (κ3) is 7.02. The lowest BCUT2D eigenvalue weighted by atomic mass is 10.1. The summed E-state index contributed by atoms with van der Waals surface area (Å²) >= 11 is 0. The second-order valence-corrected chi connectivity index (χ2v) is 13.3. The molecule has 1 N–H and O–H groups in total. The summed E-state index contributed by atoms with van der Waals surface area (Å²) in [5, 5.41) is 0. The van der Waals surface area contributed by atoms with Gasteiger partial charge in [-0.15, -0.1) is 0 Å². The average molecular weight is 563 g/mol. The van der Waals surface area contributed by atoms with E-state index in [9.17, 15) is 34.8 Å². The van der Waals surface area contributed by atoms with Crippen LogP contribution in [0.2, 0.25) is 0 Å². The van der Waals surface area contributed by atoms with E-state index in [2.05, 4.69) is 4.72 Å². The first-order valence-electron chi connectivity index (χ1n) is 11.5. The minimum Gasteiger partial charge on any atom is -0.444 e. The average Bonchev–Trinajstić information content (AvgIpc) is 3.26. The molecule has 1 amide bonds. The first-order chi connectivity index (χ1) is 17.0. The number of carbonyl (C=O) groups is 1. The fraction of sp³-hybridized carbons (Fsp3) is 0.458. The molecule has 2 aromatic rings. The number of sulfone groups is 1. The molecule has 0 radical (unpaired) electrons. The molecule has 1 aliphatic rings. The van der Waals surface area contributed by atoms with Crippen molar-refractivity contribution in [1.29, 1.82) is 0 Å². The van der Waals surface area contributed by atoms with E-state index in [0.29, 0.717) is 31.5 Å². The van der Waals surface area contributed by atoms with E-state index in [1.165, 1.54) is 29.2 Å². The topological polar surface area (TPSA) is 110 Å². The van der Waals surface area contributed by atoms with Crippen LogP contribution in [0.5, 0.6) is 0 Å². The van der Waals surface area contributed by atoms with Gasteiger partial charge in [0.2, 0.25) is 19.9 Å². The molecule has 1 fully saturated rings. The molecule has 1 aliphatic heterocycles. The van der Waals surface area contributed by atoms with E-state index in [1.54, 1.807) is 26.8 Å². The largest absolute Gasteiger partial charge is 0.444 e. The summed E-state index contributed by atoms with van der Waals surface area (Å²) in [6, 6.07) is 8.33. The van der Waals surface area contributed by atoms with Crippen molar-refractivity contribution in [3.63, 3.8) is 0 Å². The number of alkyl halides is 3. The quantitative estimate of drug-likeness (QED) is 0.528. The number of likely N-dealkylation sites (tertiary alicyclic amines) is 1. The number of halogens is 3. The number of nitrogens with one attached hydrogen (secondary N) is 1. The number of amides is 1. The van der Waals surface area contributed by atoms with Crippen LogP contribution in [0.1, 0.15) is 45.6 Å². The number of benzene rings is 2. The number of sulfonamides is 1. The zero-order chi connectivity index (χ0) is 27.6. The van der Waals surface area contributed by atoms with Crippen molar-refractivity contribution >= 4 is 26.0 Å². The molecular weight excluding hydrogens is 533 g/mol. The van der Waals surface area contributed by atoms with Crippen molar-refractivity contribution in [2.24, 2.45) is 0 Å². The Morgan fingerprint density at radius 3 is 2.27 bits per heavy atom. The summed E-state index contributed by atoms with van der Waals surface area (Å²) in [5.74, 6) is 0. The van der Waals surface area contributed by atoms with Gasteiger partial charge in [-0.25, -0.2) is 26.4 Å². The molecule has 0 aromatic heterocycles. The Morgan fingerprint density at radius 2 is 1.68 bits per heavy atom. The fourth-order valence-corrected chi connectivity index (χ4v) is 6.68. The summed E-state index contributed by atoms with van der Waals surface area (Å²) in [6.07, 6.45) is -4.19. The van der Waals surface area contributed by atoms with Gasteiger partial charge in [-0.1, -0.05) is 18.2 Å². The van der Waals surface area contributed by atoms with Gasteiger partial charge in [0.05, 0.1) is 20.2 Å². The Hall–Kier alpha value is -2.64. The predicted molar refractivity (Wildman–Crippen MR) is 129 cm³/mol. The van der Waals surface area contributed by atoms with Crippen molar-refractivity contribution in [1.82, 2.24) is 9.62 Å². The van der Waals surface area contributed by atoms with Crippen LogP contribution in [0.4, 0.5) is 18.0 Å². The van der Waals surface area contributed by atoms with Crippen LogP contribution in [0.15, 0.2) is 63.2 Å². The van der Waals surface area contributed by atoms with E-state index in [1.807, 2.05) is 0 Å². The van der Waals surface area contributed by atoms with E-state index in [4.69, 9.17) is 4.74 Å². The maximum Gasteiger partial charge on any atom is 0.417 e. The molecule has 0 saturated carbocycles. The minimum atomic E-state index is -5.04. The molecule has 204 valence electrons. The Balaban J connectivity index is 1.84. The van der Waals surface area contributed by atoms with Crippen LogP contribution in [0, 0.1) is 0 Å². The number of carbonyl (C=O) groups excluding carboxylic acids is 1. The Bertz CT molecular complexity index is 1340. The highest BCUT2D eigenvalue weighted by atomic mass is 32.2. The number of nitrogens with zero attached hydrogens (tertiary/aromatic N) is 1. The lowest BCUT2D eigenvalue weighted by Gasteiger charge is -2.28. The van der Waals surface area contributed by atoms with Gasteiger partial charge in [0.15, 0.2) is 0 Å². The molecule has 1 saturated heterocycles. The van der Waals surface area contributed by atoms with Crippen LogP contribution in [0.25, 0.3) is 0 Å². The van der Waals surface area contributed by atoms with Crippen LogP contribution in [0.3, 0.4) is 0 Å². The van der Waals surface area contributed by atoms with E-state index >= 15 is 0 Å². The Labute approximate surface area is 214 Å². The minimum absolute atomic E-state index is 0.141. The molecule has 0 bridgehead atoms. The smallest absolute Gasteiger partial charge is 0.417 e. The predicted octanol–water partition coefficient (Wildman–Crippen LogP) is 4.61. The first kappa shape index (κ1) is 28.9. The van der Waals surface area contributed by atoms with Crippen LogP contribution >= 0.6 is 0 Å². The standard InChI is InChI=1S/C24H29F3N2O6S2/c1-23(2,3)35-22(30)29-15-7-8-17(29)13-14-28-37(33,34)21-16-19(11-12-20(21)24(25,26)27)36(31,32)18-9-5-4-6-10-18/h4-6,9-12,16-17,28H,7-8,13-15H2,1-3H3/t17-/m0/s1. The Morgan fingerprint density at radius 1 is 1.03 bits per heavy atom. The van der Waals surface area contributed by atoms with Crippen molar-refractivity contribution in [3.05, 3.63) is 54.1 Å². The molecule has 0 aliphatic carbocycles. The molecule has 37 heavy (non-hydrogen) atoms. The zero-order valence-electron chi connectivity index (χ0n) is 20.6. The lowest BCUT2D eigenvalue weighted by molar-refractivity contribution is -0.139. The molecular formula is C24H29F3N2O6S2. The number of hydrogen-bond donors (Lipinski definition) is 1.